The highest BCUT2D eigenvalue weighted by Gasteiger charge is 2.28. The lowest BCUT2D eigenvalue weighted by molar-refractivity contribution is 0.234. The van der Waals surface area contributed by atoms with Crippen LogP contribution in [-0.4, -0.2) is 6.54 Å². The number of aryl methyl sites for hydroxylation is 2. The molecule has 0 bridgehead atoms. The summed E-state index contributed by atoms with van der Waals surface area (Å²) in [6, 6.07) is 7.55. The molecule has 0 saturated heterocycles. The van der Waals surface area contributed by atoms with E-state index >= 15 is 0 Å². The van der Waals surface area contributed by atoms with Gasteiger partial charge in [-0.1, -0.05) is 59.7 Å². The molecule has 0 spiro atoms. The number of rotatable bonds is 8. The van der Waals surface area contributed by atoms with E-state index in [4.69, 9.17) is 0 Å². The summed E-state index contributed by atoms with van der Waals surface area (Å²) in [5.74, 6) is 0. The molecule has 0 aliphatic rings. The van der Waals surface area contributed by atoms with Crippen molar-refractivity contribution < 1.29 is 0 Å². The van der Waals surface area contributed by atoms with Crippen molar-refractivity contribution in [3.05, 3.63) is 34.9 Å². The first kappa shape index (κ1) is 17.2. The maximum Gasteiger partial charge on any atom is 0.0371 e. The molecule has 1 rings (SSSR count). The third kappa shape index (κ3) is 4.09. The van der Waals surface area contributed by atoms with Gasteiger partial charge in [-0.25, -0.2) is 0 Å². The van der Waals surface area contributed by atoms with Gasteiger partial charge in [-0.3, -0.25) is 0 Å². The number of hydrogen-bond acceptors (Lipinski definition) is 1. The van der Waals surface area contributed by atoms with E-state index in [-0.39, 0.29) is 5.41 Å². The van der Waals surface area contributed by atoms with E-state index < -0.39 is 0 Å². The lowest BCUT2D eigenvalue weighted by Crippen LogP contribution is -2.34. The van der Waals surface area contributed by atoms with Crippen LogP contribution in [0, 0.1) is 5.41 Å². The van der Waals surface area contributed by atoms with Gasteiger partial charge in [0, 0.05) is 6.04 Å². The first-order valence-corrected chi connectivity index (χ1v) is 8.35. The fourth-order valence-corrected chi connectivity index (χ4v) is 2.84. The van der Waals surface area contributed by atoms with Crippen LogP contribution in [0.4, 0.5) is 0 Å². The summed E-state index contributed by atoms with van der Waals surface area (Å²) in [5, 5.41) is 3.77. The molecular weight excluding hydrogens is 242 g/mol. The Hall–Kier alpha value is -0.820. The Morgan fingerprint density at radius 2 is 1.65 bits per heavy atom. The quantitative estimate of drug-likeness (QED) is 0.680. The van der Waals surface area contributed by atoms with E-state index in [1.165, 1.54) is 29.5 Å². The Morgan fingerprint density at radius 3 is 2.15 bits per heavy atom. The molecule has 1 atom stereocenters. The molecule has 0 aromatic heterocycles. The number of nitrogens with one attached hydrogen (secondary N) is 1. The molecule has 1 nitrogen and oxygen atoms in total. The minimum absolute atomic E-state index is 0.286. The highest BCUT2D eigenvalue weighted by atomic mass is 14.9. The topological polar surface area (TPSA) is 12.0 Å². The summed E-state index contributed by atoms with van der Waals surface area (Å²) < 4.78 is 0. The maximum absolute atomic E-state index is 3.77. The Labute approximate surface area is 126 Å². The average molecular weight is 275 g/mol. The molecule has 20 heavy (non-hydrogen) atoms. The molecule has 0 amide bonds. The monoisotopic (exact) mass is 275 g/mol. The third-order valence-electron chi connectivity index (χ3n) is 4.62. The minimum Gasteiger partial charge on any atom is -0.309 e. The van der Waals surface area contributed by atoms with E-state index in [0.717, 1.165) is 19.4 Å². The van der Waals surface area contributed by atoms with Gasteiger partial charge in [-0.2, -0.15) is 0 Å². The normalized spacial score (nSPS) is 13.5. The Balaban J connectivity index is 3.13. The molecule has 1 heteroatoms. The van der Waals surface area contributed by atoms with Gasteiger partial charge >= 0.3 is 0 Å². The van der Waals surface area contributed by atoms with Gasteiger partial charge in [0.25, 0.3) is 0 Å². The summed E-state index contributed by atoms with van der Waals surface area (Å²) in [5.41, 5.74) is 4.76. The van der Waals surface area contributed by atoms with E-state index in [0.29, 0.717) is 6.04 Å². The van der Waals surface area contributed by atoms with E-state index in [2.05, 4.69) is 65.1 Å². The van der Waals surface area contributed by atoms with Crippen molar-refractivity contribution in [2.75, 3.05) is 6.54 Å². The molecule has 0 fully saturated rings. The summed E-state index contributed by atoms with van der Waals surface area (Å²) in [7, 11) is 0. The van der Waals surface area contributed by atoms with Crippen molar-refractivity contribution in [2.24, 2.45) is 5.41 Å². The number of hydrogen-bond donors (Lipinski definition) is 1. The van der Waals surface area contributed by atoms with Gasteiger partial charge in [-0.15, -0.1) is 0 Å². The van der Waals surface area contributed by atoms with Crippen LogP contribution in [0.5, 0.6) is 0 Å². The van der Waals surface area contributed by atoms with Crippen LogP contribution in [0.2, 0.25) is 0 Å². The van der Waals surface area contributed by atoms with Crippen molar-refractivity contribution >= 4 is 0 Å². The highest BCUT2D eigenvalue weighted by molar-refractivity contribution is 5.34. The molecule has 1 aromatic carbocycles. The van der Waals surface area contributed by atoms with E-state index in [1.54, 1.807) is 0 Å². The first-order chi connectivity index (χ1) is 9.50. The second-order valence-electron chi connectivity index (χ2n) is 6.46. The molecule has 1 N–H and O–H groups in total. The zero-order chi connectivity index (χ0) is 15.2. The largest absolute Gasteiger partial charge is 0.309 e. The standard InChI is InChI=1S/C19H33N/c1-7-13-20-18(19(5,6)10-4)17-12-11-15(8-2)16(9-3)14-17/h11-12,14,18,20H,7-10,13H2,1-6H3. The number of benzene rings is 1. The van der Waals surface area contributed by atoms with E-state index in [1.807, 2.05) is 0 Å². The highest BCUT2D eigenvalue weighted by Crippen LogP contribution is 2.37. The van der Waals surface area contributed by atoms with E-state index in [9.17, 15) is 0 Å². The zero-order valence-corrected chi connectivity index (χ0v) is 14.3. The Bertz CT molecular complexity index is 406. The SMILES string of the molecule is CCCNC(c1ccc(CC)c(CC)c1)C(C)(C)CC. The van der Waals surface area contributed by atoms with Crippen LogP contribution < -0.4 is 5.32 Å². The summed E-state index contributed by atoms with van der Waals surface area (Å²) >= 11 is 0. The first-order valence-electron chi connectivity index (χ1n) is 8.35. The molecular formula is C19H33N. The molecule has 0 aliphatic heterocycles. The van der Waals surface area contributed by atoms with Crippen LogP contribution in [-0.2, 0) is 12.8 Å². The van der Waals surface area contributed by atoms with Crippen molar-refractivity contribution in [1.29, 1.82) is 0 Å². The van der Waals surface area contributed by atoms with Crippen molar-refractivity contribution in [2.45, 2.75) is 73.3 Å². The fourth-order valence-electron chi connectivity index (χ4n) is 2.84. The fraction of sp³-hybridized carbons (Fsp3) is 0.684. The predicted molar refractivity (Wildman–Crippen MR) is 90.3 cm³/mol. The molecule has 0 radical (unpaired) electrons. The van der Waals surface area contributed by atoms with Gasteiger partial charge in [0.15, 0.2) is 0 Å². The third-order valence-corrected chi connectivity index (χ3v) is 4.62. The smallest absolute Gasteiger partial charge is 0.0371 e. The maximum atomic E-state index is 3.77. The minimum atomic E-state index is 0.286. The molecule has 1 unspecified atom stereocenters. The van der Waals surface area contributed by atoms with Gasteiger partial charge < -0.3 is 5.32 Å². The molecule has 114 valence electrons. The van der Waals surface area contributed by atoms with Crippen LogP contribution in [0.1, 0.15) is 77.1 Å². The predicted octanol–water partition coefficient (Wildman–Crippen LogP) is 5.29. The zero-order valence-electron chi connectivity index (χ0n) is 14.3. The average Bonchev–Trinajstić information content (AvgIpc) is 2.47. The summed E-state index contributed by atoms with van der Waals surface area (Å²) in [4.78, 5) is 0. The molecule has 0 aliphatic carbocycles. The second-order valence-corrected chi connectivity index (χ2v) is 6.46. The molecule has 1 aromatic rings. The van der Waals surface area contributed by atoms with Crippen molar-refractivity contribution in [3.8, 4) is 0 Å². The van der Waals surface area contributed by atoms with Gasteiger partial charge in [0.05, 0.1) is 0 Å². The lowest BCUT2D eigenvalue weighted by Gasteiger charge is -2.35. The Kier molecular flexibility index (Phi) is 6.75. The van der Waals surface area contributed by atoms with Crippen LogP contribution in [0.15, 0.2) is 18.2 Å². The van der Waals surface area contributed by atoms with Crippen molar-refractivity contribution in [1.82, 2.24) is 5.32 Å². The van der Waals surface area contributed by atoms with Crippen LogP contribution in [0.3, 0.4) is 0 Å². The summed E-state index contributed by atoms with van der Waals surface area (Å²) in [6.07, 6.45) is 4.63. The molecule has 0 saturated carbocycles. The van der Waals surface area contributed by atoms with Crippen molar-refractivity contribution in [3.63, 3.8) is 0 Å². The second kappa shape index (κ2) is 7.83. The Morgan fingerprint density at radius 1 is 1.00 bits per heavy atom. The summed E-state index contributed by atoms with van der Waals surface area (Å²) in [6.45, 7) is 14.9. The lowest BCUT2D eigenvalue weighted by atomic mass is 9.77. The molecule has 0 heterocycles. The van der Waals surface area contributed by atoms with Gasteiger partial charge in [0.2, 0.25) is 0 Å². The van der Waals surface area contributed by atoms with Gasteiger partial charge in [0.1, 0.15) is 0 Å². The van der Waals surface area contributed by atoms with Gasteiger partial charge in [-0.05, 0) is 54.3 Å². The van der Waals surface area contributed by atoms with Crippen LogP contribution in [0.25, 0.3) is 0 Å². The van der Waals surface area contributed by atoms with Crippen LogP contribution >= 0.6 is 0 Å².